The van der Waals surface area contributed by atoms with Crippen molar-refractivity contribution < 1.29 is 30.7 Å². The van der Waals surface area contributed by atoms with Gasteiger partial charge >= 0.3 is 12.4 Å². The van der Waals surface area contributed by atoms with Crippen molar-refractivity contribution in [2.45, 2.75) is 19.3 Å². The molecule has 4 aromatic rings. The minimum Gasteiger partial charge on any atom is -0.324 e. The van der Waals surface area contributed by atoms with Crippen LogP contribution in [0.4, 0.5) is 48.3 Å². The molecule has 0 aliphatic rings. The predicted molar refractivity (Wildman–Crippen MR) is 120 cm³/mol. The molecule has 190 valence electrons. The Balaban J connectivity index is 1.76. The second-order valence-corrected chi connectivity index (χ2v) is 7.45. The lowest BCUT2D eigenvalue weighted by Crippen LogP contribution is -2.19. The zero-order chi connectivity index (χ0) is 26.8. The average Bonchev–Trinajstić information content (AvgIpc) is 2.83. The van der Waals surface area contributed by atoms with E-state index in [9.17, 15) is 30.7 Å². The molecule has 0 fully saturated rings. The molecular formula is C23H14F7N7. The SMILES string of the molecule is CC(=Nc1nc(Nc2ccnc(-c3ccc(F)cc3)c2)nc(-c2cccc(C(F)(F)F)n2)n1)C(F)(F)F. The Morgan fingerprint density at radius 1 is 0.838 bits per heavy atom. The first-order chi connectivity index (χ1) is 17.4. The number of alkyl halides is 6. The molecule has 0 saturated heterocycles. The van der Waals surface area contributed by atoms with Gasteiger partial charge in [-0.05, 0) is 55.5 Å². The number of aromatic nitrogens is 5. The second-order valence-electron chi connectivity index (χ2n) is 7.45. The zero-order valence-corrected chi connectivity index (χ0v) is 18.6. The van der Waals surface area contributed by atoms with E-state index in [-0.39, 0.29) is 11.6 Å². The van der Waals surface area contributed by atoms with E-state index in [0.29, 0.717) is 23.9 Å². The highest BCUT2D eigenvalue weighted by Crippen LogP contribution is 2.30. The van der Waals surface area contributed by atoms with Gasteiger partial charge in [0.1, 0.15) is 22.9 Å². The summed E-state index contributed by atoms with van der Waals surface area (Å²) in [4.78, 5) is 22.7. The Morgan fingerprint density at radius 3 is 2.24 bits per heavy atom. The molecule has 0 atom stereocenters. The summed E-state index contributed by atoms with van der Waals surface area (Å²) < 4.78 is 91.7. The molecule has 0 spiro atoms. The van der Waals surface area contributed by atoms with Gasteiger partial charge in [-0.1, -0.05) is 6.07 Å². The number of nitrogens with zero attached hydrogens (tertiary/aromatic N) is 6. The van der Waals surface area contributed by atoms with Crippen molar-refractivity contribution in [1.82, 2.24) is 24.9 Å². The summed E-state index contributed by atoms with van der Waals surface area (Å²) >= 11 is 0. The van der Waals surface area contributed by atoms with Crippen molar-refractivity contribution in [2.75, 3.05) is 5.32 Å². The summed E-state index contributed by atoms with van der Waals surface area (Å²) in [5.41, 5.74) is -1.57. The molecule has 0 unspecified atom stereocenters. The van der Waals surface area contributed by atoms with Gasteiger partial charge in [-0.15, -0.1) is 0 Å². The van der Waals surface area contributed by atoms with Crippen molar-refractivity contribution in [3.8, 4) is 22.8 Å². The highest BCUT2D eigenvalue weighted by atomic mass is 19.4. The van der Waals surface area contributed by atoms with E-state index in [2.05, 4.69) is 35.2 Å². The van der Waals surface area contributed by atoms with E-state index < -0.39 is 41.3 Å². The van der Waals surface area contributed by atoms with E-state index in [1.54, 1.807) is 0 Å². The number of benzene rings is 1. The van der Waals surface area contributed by atoms with Crippen LogP contribution >= 0.6 is 0 Å². The molecule has 1 aromatic carbocycles. The van der Waals surface area contributed by atoms with Gasteiger partial charge in [0.2, 0.25) is 5.95 Å². The van der Waals surface area contributed by atoms with E-state index in [1.165, 1.54) is 42.6 Å². The molecule has 37 heavy (non-hydrogen) atoms. The summed E-state index contributed by atoms with van der Waals surface area (Å²) in [7, 11) is 0. The van der Waals surface area contributed by atoms with Crippen LogP contribution in [0.3, 0.4) is 0 Å². The van der Waals surface area contributed by atoms with Crippen LogP contribution in [-0.4, -0.2) is 36.8 Å². The molecule has 7 nitrogen and oxygen atoms in total. The zero-order valence-electron chi connectivity index (χ0n) is 18.6. The van der Waals surface area contributed by atoms with Gasteiger partial charge in [-0.2, -0.15) is 41.3 Å². The van der Waals surface area contributed by atoms with E-state index in [0.717, 1.165) is 18.2 Å². The first-order valence-corrected chi connectivity index (χ1v) is 10.3. The maximum absolute atomic E-state index is 13.2. The molecule has 0 saturated carbocycles. The smallest absolute Gasteiger partial charge is 0.324 e. The lowest BCUT2D eigenvalue weighted by molar-refractivity contribution is -0.141. The number of hydrogen-bond acceptors (Lipinski definition) is 7. The standard InChI is InChI=1S/C23H14F7N7/c1-12(22(25,26)27)32-20-35-19(16-3-2-4-18(34-16)23(28,29)30)36-21(37-20)33-15-9-10-31-17(11-15)13-5-7-14(24)8-6-13/h2-11H,1H3,(H,31,33,35,36,37). The number of nitrogens with one attached hydrogen (secondary N) is 1. The molecular weight excluding hydrogens is 507 g/mol. The van der Waals surface area contributed by atoms with Crippen molar-refractivity contribution in [2.24, 2.45) is 4.99 Å². The van der Waals surface area contributed by atoms with E-state index >= 15 is 0 Å². The summed E-state index contributed by atoms with van der Waals surface area (Å²) in [5, 5.41) is 2.76. The molecule has 3 heterocycles. The van der Waals surface area contributed by atoms with Gasteiger partial charge in [0.25, 0.3) is 5.95 Å². The molecule has 0 radical (unpaired) electrons. The van der Waals surface area contributed by atoms with Gasteiger partial charge in [0.05, 0.1) is 5.69 Å². The van der Waals surface area contributed by atoms with Crippen LogP contribution in [0.1, 0.15) is 12.6 Å². The number of rotatable bonds is 5. The van der Waals surface area contributed by atoms with Crippen molar-refractivity contribution in [3.05, 3.63) is 72.3 Å². The minimum atomic E-state index is -4.79. The Hall–Kier alpha value is -4.49. The van der Waals surface area contributed by atoms with Crippen LogP contribution < -0.4 is 5.32 Å². The molecule has 0 bridgehead atoms. The number of anilines is 2. The fourth-order valence-corrected chi connectivity index (χ4v) is 2.93. The largest absolute Gasteiger partial charge is 0.433 e. The number of hydrogen-bond donors (Lipinski definition) is 1. The van der Waals surface area contributed by atoms with Crippen molar-refractivity contribution in [3.63, 3.8) is 0 Å². The fraction of sp³-hybridized carbons (Fsp3) is 0.130. The molecule has 0 aliphatic carbocycles. The van der Waals surface area contributed by atoms with Crippen LogP contribution in [0.5, 0.6) is 0 Å². The van der Waals surface area contributed by atoms with Crippen molar-refractivity contribution in [1.29, 1.82) is 0 Å². The van der Waals surface area contributed by atoms with Crippen molar-refractivity contribution >= 4 is 23.3 Å². The predicted octanol–water partition coefficient (Wildman–Crippen LogP) is 6.55. The number of pyridine rings is 2. The lowest BCUT2D eigenvalue weighted by Gasteiger charge is -2.11. The first kappa shape index (κ1) is 25.6. The summed E-state index contributed by atoms with van der Waals surface area (Å²) in [6.07, 6.45) is -8.15. The average molecular weight is 521 g/mol. The Bertz CT molecular complexity index is 1450. The molecule has 4 rings (SSSR count). The topological polar surface area (TPSA) is 88.8 Å². The number of aliphatic imine (C=N–C) groups is 1. The van der Waals surface area contributed by atoms with Gasteiger partial charge in [-0.3, -0.25) is 4.98 Å². The van der Waals surface area contributed by atoms with E-state index in [4.69, 9.17) is 0 Å². The Labute approximate surface area is 204 Å². The maximum Gasteiger partial charge on any atom is 0.433 e. The van der Waals surface area contributed by atoms with Gasteiger partial charge in [0.15, 0.2) is 5.82 Å². The third-order valence-corrected chi connectivity index (χ3v) is 4.73. The van der Waals surface area contributed by atoms with Crippen LogP contribution in [-0.2, 0) is 6.18 Å². The minimum absolute atomic E-state index is 0.311. The van der Waals surface area contributed by atoms with Gasteiger partial charge in [0, 0.05) is 17.4 Å². The normalized spacial score (nSPS) is 12.5. The van der Waals surface area contributed by atoms with Crippen LogP contribution in [0, 0.1) is 5.82 Å². The third-order valence-electron chi connectivity index (χ3n) is 4.73. The van der Waals surface area contributed by atoms with Crippen LogP contribution in [0.25, 0.3) is 22.8 Å². The lowest BCUT2D eigenvalue weighted by atomic mass is 10.1. The Kier molecular flexibility index (Phi) is 6.83. The maximum atomic E-state index is 13.2. The Morgan fingerprint density at radius 2 is 1.57 bits per heavy atom. The highest BCUT2D eigenvalue weighted by Gasteiger charge is 2.33. The summed E-state index contributed by atoms with van der Waals surface area (Å²) in [5.74, 6) is -1.89. The number of halogens is 7. The van der Waals surface area contributed by atoms with Crippen LogP contribution in [0.2, 0.25) is 0 Å². The third kappa shape index (κ3) is 6.39. The molecule has 0 amide bonds. The van der Waals surface area contributed by atoms with Gasteiger partial charge in [-0.25, -0.2) is 14.4 Å². The fourth-order valence-electron chi connectivity index (χ4n) is 2.93. The quantitative estimate of drug-likeness (QED) is 0.237. The molecule has 1 N–H and O–H groups in total. The van der Waals surface area contributed by atoms with Crippen LogP contribution in [0.15, 0.2) is 65.8 Å². The molecule has 3 aromatic heterocycles. The van der Waals surface area contributed by atoms with Gasteiger partial charge < -0.3 is 5.32 Å². The highest BCUT2D eigenvalue weighted by molar-refractivity contribution is 5.89. The summed E-state index contributed by atoms with van der Waals surface area (Å²) in [6, 6.07) is 11.4. The summed E-state index contributed by atoms with van der Waals surface area (Å²) in [6.45, 7) is 0.691. The molecule has 14 heteroatoms. The second kappa shape index (κ2) is 9.87. The monoisotopic (exact) mass is 521 g/mol. The van der Waals surface area contributed by atoms with E-state index in [1.807, 2.05) is 0 Å². The molecule has 0 aliphatic heterocycles. The first-order valence-electron chi connectivity index (χ1n) is 10.3.